The maximum Gasteiger partial charge on any atom is 0.269 e. The number of nitrogens with one attached hydrogen (secondary N) is 1. The van der Waals surface area contributed by atoms with Crippen molar-refractivity contribution in [3.05, 3.63) is 63.5 Å². The third-order valence-corrected chi connectivity index (χ3v) is 3.10. The summed E-state index contributed by atoms with van der Waals surface area (Å²) in [6.45, 7) is 2.29. The van der Waals surface area contributed by atoms with Gasteiger partial charge in [0.25, 0.3) is 5.69 Å². The molecule has 1 N–H and O–H groups in total. The molecule has 22 heavy (non-hydrogen) atoms. The normalized spacial score (nSPS) is 10.8. The molecule has 0 fully saturated rings. The Kier molecular flexibility index (Phi) is 4.67. The fourth-order valence-corrected chi connectivity index (χ4v) is 1.94. The van der Waals surface area contributed by atoms with Gasteiger partial charge in [0, 0.05) is 43.6 Å². The number of rotatable bonds is 5. The Morgan fingerprint density at radius 1 is 1.41 bits per heavy atom. The van der Waals surface area contributed by atoms with E-state index < -0.39 is 4.92 Å². The molecule has 0 aliphatic rings. The zero-order chi connectivity index (χ0) is 16.1. The first-order chi connectivity index (χ1) is 10.5. The highest BCUT2D eigenvalue weighted by molar-refractivity contribution is 5.91. The number of amides is 1. The monoisotopic (exact) mass is 300 g/mol. The van der Waals surface area contributed by atoms with E-state index >= 15 is 0 Å². The minimum atomic E-state index is -0.462. The van der Waals surface area contributed by atoms with Gasteiger partial charge < -0.3 is 5.32 Å². The van der Waals surface area contributed by atoms with Crippen LogP contribution < -0.4 is 5.32 Å². The number of nitro groups is 1. The second kappa shape index (κ2) is 6.66. The van der Waals surface area contributed by atoms with Crippen LogP contribution in [-0.4, -0.2) is 20.6 Å². The number of aryl methyl sites for hydroxylation is 2. The highest BCUT2D eigenvalue weighted by atomic mass is 16.6. The highest BCUT2D eigenvalue weighted by Crippen LogP contribution is 2.12. The van der Waals surface area contributed by atoms with Crippen LogP contribution in [0.2, 0.25) is 0 Å². The number of carbonyl (C=O) groups excluding carboxylic acids is 1. The average molecular weight is 300 g/mol. The molecule has 1 aromatic heterocycles. The SMILES string of the molecule is Cc1nn(C)cc1CNC(=O)C=Cc1ccc([N+](=O)[O-])cc1. The van der Waals surface area contributed by atoms with Crippen LogP contribution in [0.15, 0.2) is 36.5 Å². The maximum atomic E-state index is 11.7. The molecule has 114 valence electrons. The number of nitrogens with zero attached hydrogens (tertiary/aromatic N) is 3. The predicted molar refractivity (Wildman–Crippen MR) is 81.9 cm³/mol. The van der Waals surface area contributed by atoms with Crippen LogP contribution >= 0.6 is 0 Å². The maximum absolute atomic E-state index is 11.7. The lowest BCUT2D eigenvalue weighted by Crippen LogP contribution is -2.20. The van der Waals surface area contributed by atoms with Crippen LogP contribution in [0.1, 0.15) is 16.8 Å². The summed E-state index contributed by atoms with van der Waals surface area (Å²) in [4.78, 5) is 21.8. The number of hydrogen-bond donors (Lipinski definition) is 1. The molecule has 0 atom stereocenters. The fourth-order valence-electron chi connectivity index (χ4n) is 1.94. The fraction of sp³-hybridized carbons (Fsp3) is 0.200. The lowest BCUT2D eigenvalue weighted by Gasteiger charge is -2.00. The van der Waals surface area contributed by atoms with Gasteiger partial charge in [-0.1, -0.05) is 0 Å². The van der Waals surface area contributed by atoms with Crippen molar-refractivity contribution in [3.63, 3.8) is 0 Å². The molecule has 0 radical (unpaired) electrons. The van der Waals surface area contributed by atoms with Gasteiger partial charge in [-0.25, -0.2) is 0 Å². The number of nitro benzene ring substituents is 1. The number of benzene rings is 1. The third kappa shape index (κ3) is 4.02. The molecule has 0 bridgehead atoms. The van der Waals surface area contributed by atoms with E-state index in [1.54, 1.807) is 22.9 Å². The zero-order valence-corrected chi connectivity index (χ0v) is 12.3. The second-order valence-corrected chi connectivity index (χ2v) is 4.81. The first-order valence-electron chi connectivity index (χ1n) is 6.65. The van der Waals surface area contributed by atoms with Gasteiger partial charge in [0.2, 0.25) is 5.91 Å². The van der Waals surface area contributed by atoms with Crippen LogP contribution in [0, 0.1) is 17.0 Å². The van der Waals surface area contributed by atoms with Gasteiger partial charge in [0.15, 0.2) is 0 Å². The van der Waals surface area contributed by atoms with Crippen LogP contribution in [0.3, 0.4) is 0 Å². The number of hydrogen-bond acceptors (Lipinski definition) is 4. The molecular formula is C15H16N4O3. The summed E-state index contributed by atoms with van der Waals surface area (Å²) in [6.07, 6.45) is 4.86. The van der Waals surface area contributed by atoms with Crippen molar-refractivity contribution in [2.75, 3.05) is 0 Å². The topological polar surface area (TPSA) is 90.1 Å². The first-order valence-corrected chi connectivity index (χ1v) is 6.65. The van der Waals surface area contributed by atoms with Crippen molar-refractivity contribution in [2.45, 2.75) is 13.5 Å². The quantitative estimate of drug-likeness (QED) is 0.519. The van der Waals surface area contributed by atoms with E-state index in [0.29, 0.717) is 6.54 Å². The van der Waals surface area contributed by atoms with Crippen LogP contribution in [0.5, 0.6) is 0 Å². The molecule has 0 aliphatic carbocycles. The average Bonchev–Trinajstić information content (AvgIpc) is 2.81. The van der Waals surface area contributed by atoms with Crippen LogP contribution in [-0.2, 0) is 18.4 Å². The molecule has 7 nitrogen and oxygen atoms in total. The molecular weight excluding hydrogens is 284 g/mol. The van der Waals surface area contributed by atoms with Gasteiger partial charge in [-0.3, -0.25) is 19.6 Å². The second-order valence-electron chi connectivity index (χ2n) is 4.81. The van der Waals surface area contributed by atoms with Crippen molar-refractivity contribution in [1.29, 1.82) is 0 Å². The highest BCUT2D eigenvalue weighted by Gasteiger charge is 2.05. The molecule has 2 aromatic rings. The molecule has 7 heteroatoms. The van der Waals surface area contributed by atoms with E-state index in [0.717, 1.165) is 16.8 Å². The molecule has 0 unspecified atom stereocenters. The molecule has 0 saturated heterocycles. The third-order valence-electron chi connectivity index (χ3n) is 3.10. The van der Waals surface area contributed by atoms with Crippen molar-refractivity contribution in [3.8, 4) is 0 Å². The van der Waals surface area contributed by atoms with E-state index in [9.17, 15) is 14.9 Å². The predicted octanol–water partition coefficient (Wildman–Crippen LogP) is 1.97. The smallest absolute Gasteiger partial charge is 0.269 e. The standard InChI is InChI=1S/C15H16N4O3/c1-11-13(10-18(2)17-11)9-16-15(20)8-5-12-3-6-14(7-4-12)19(21)22/h3-8,10H,9H2,1-2H3,(H,16,20). The zero-order valence-electron chi connectivity index (χ0n) is 12.3. The number of non-ortho nitro benzene ring substituents is 1. The molecule has 1 heterocycles. The Hall–Kier alpha value is -2.96. The summed E-state index contributed by atoms with van der Waals surface area (Å²) in [5.41, 5.74) is 2.58. The summed E-state index contributed by atoms with van der Waals surface area (Å²) in [7, 11) is 1.83. The van der Waals surface area contributed by atoms with E-state index in [4.69, 9.17) is 0 Å². The Labute approximate surface area is 127 Å². The summed E-state index contributed by atoms with van der Waals surface area (Å²) in [5.74, 6) is -0.235. The van der Waals surface area contributed by atoms with Gasteiger partial charge in [-0.05, 0) is 30.7 Å². The van der Waals surface area contributed by atoms with Crippen molar-refractivity contribution in [2.24, 2.45) is 7.05 Å². The summed E-state index contributed by atoms with van der Waals surface area (Å²) < 4.78 is 1.70. The Balaban J connectivity index is 1.91. The number of aromatic nitrogens is 2. The summed E-state index contributed by atoms with van der Waals surface area (Å²) in [6, 6.07) is 5.98. The van der Waals surface area contributed by atoms with E-state index in [1.165, 1.54) is 18.2 Å². The van der Waals surface area contributed by atoms with Gasteiger partial charge in [0.1, 0.15) is 0 Å². The molecule has 1 amide bonds. The van der Waals surface area contributed by atoms with E-state index in [-0.39, 0.29) is 11.6 Å². The minimum absolute atomic E-state index is 0.0219. The van der Waals surface area contributed by atoms with Gasteiger partial charge >= 0.3 is 0 Å². The summed E-state index contributed by atoms with van der Waals surface area (Å²) >= 11 is 0. The van der Waals surface area contributed by atoms with Gasteiger partial charge in [-0.15, -0.1) is 0 Å². The lowest BCUT2D eigenvalue weighted by molar-refractivity contribution is -0.384. The molecule has 0 saturated carbocycles. The van der Waals surface area contributed by atoms with Crippen molar-refractivity contribution >= 4 is 17.7 Å². The van der Waals surface area contributed by atoms with E-state index in [1.807, 2.05) is 20.2 Å². The minimum Gasteiger partial charge on any atom is -0.348 e. The van der Waals surface area contributed by atoms with Crippen molar-refractivity contribution < 1.29 is 9.72 Å². The Bertz CT molecular complexity index is 717. The van der Waals surface area contributed by atoms with Crippen LogP contribution in [0.4, 0.5) is 5.69 Å². The molecule has 1 aromatic carbocycles. The Morgan fingerprint density at radius 3 is 2.64 bits per heavy atom. The molecule has 0 aliphatic heterocycles. The van der Waals surface area contributed by atoms with E-state index in [2.05, 4.69) is 10.4 Å². The largest absolute Gasteiger partial charge is 0.348 e. The molecule has 0 spiro atoms. The first kappa shape index (κ1) is 15.4. The van der Waals surface area contributed by atoms with Crippen LogP contribution in [0.25, 0.3) is 6.08 Å². The summed E-state index contributed by atoms with van der Waals surface area (Å²) in [5, 5.41) is 17.5. The molecule has 2 rings (SSSR count). The lowest BCUT2D eigenvalue weighted by atomic mass is 10.2. The Morgan fingerprint density at radius 2 is 2.09 bits per heavy atom. The van der Waals surface area contributed by atoms with Gasteiger partial charge in [0.05, 0.1) is 10.6 Å². The van der Waals surface area contributed by atoms with Crippen molar-refractivity contribution in [1.82, 2.24) is 15.1 Å². The van der Waals surface area contributed by atoms with Gasteiger partial charge in [-0.2, -0.15) is 5.10 Å². The number of carbonyl (C=O) groups is 1.